The van der Waals surface area contributed by atoms with Crippen LogP contribution >= 0.6 is 11.8 Å². The third kappa shape index (κ3) is 4.00. The number of halogens is 3. The van der Waals surface area contributed by atoms with E-state index in [1.54, 1.807) is 25.3 Å². The molecule has 2 amide bonds. The van der Waals surface area contributed by atoms with Crippen molar-refractivity contribution in [2.45, 2.75) is 24.4 Å². The predicted molar refractivity (Wildman–Crippen MR) is 101 cm³/mol. The van der Waals surface area contributed by atoms with Gasteiger partial charge in [-0.05, 0) is 37.3 Å². The Balaban J connectivity index is 1.98. The van der Waals surface area contributed by atoms with Gasteiger partial charge in [0.25, 0.3) is 0 Å². The summed E-state index contributed by atoms with van der Waals surface area (Å²) >= 11 is 0.959. The van der Waals surface area contributed by atoms with E-state index in [4.69, 9.17) is 4.74 Å². The summed E-state index contributed by atoms with van der Waals surface area (Å²) < 4.78 is 46.4. The van der Waals surface area contributed by atoms with Crippen LogP contribution in [0.15, 0.2) is 41.3 Å². The Morgan fingerprint density at radius 1 is 1.30 bits per heavy atom. The summed E-state index contributed by atoms with van der Waals surface area (Å²) in [7, 11) is 0. The first-order chi connectivity index (χ1) is 12.8. The fourth-order valence-electron chi connectivity index (χ4n) is 3.12. The average Bonchev–Trinajstić information content (AvgIpc) is 3.04. The van der Waals surface area contributed by atoms with Crippen LogP contribution in [0.3, 0.4) is 0 Å². The van der Waals surface area contributed by atoms with E-state index in [0.29, 0.717) is 19.6 Å². The van der Waals surface area contributed by atoms with Gasteiger partial charge in [-0.2, -0.15) is 13.2 Å². The molecule has 0 radical (unpaired) electrons. The molecule has 0 saturated carbocycles. The third-order valence-electron chi connectivity index (χ3n) is 4.26. The Morgan fingerprint density at radius 3 is 2.70 bits per heavy atom. The van der Waals surface area contributed by atoms with Crippen LogP contribution in [-0.2, 0) is 12.6 Å². The number of benzene rings is 2. The van der Waals surface area contributed by atoms with Gasteiger partial charge in [-0.3, -0.25) is 4.90 Å². The van der Waals surface area contributed by atoms with Crippen LogP contribution in [0.1, 0.15) is 18.1 Å². The molecule has 0 spiro atoms. The van der Waals surface area contributed by atoms with Gasteiger partial charge in [0.1, 0.15) is 5.75 Å². The number of ether oxygens (including phenoxy) is 1. The van der Waals surface area contributed by atoms with Crippen molar-refractivity contribution in [1.29, 1.82) is 0 Å². The van der Waals surface area contributed by atoms with Crippen LogP contribution < -0.4 is 15.0 Å². The van der Waals surface area contributed by atoms with E-state index in [9.17, 15) is 18.0 Å². The van der Waals surface area contributed by atoms with E-state index < -0.39 is 17.8 Å². The molecule has 8 heteroatoms. The van der Waals surface area contributed by atoms with E-state index in [1.807, 2.05) is 12.1 Å². The maximum Gasteiger partial charge on any atom is 0.419 e. The van der Waals surface area contributed by atoms with Gasteiger partial charge >= 0.3 is 12.2 Å². The van der Waals surface area contributed by atoms with Crippen molar-refractivity contribution in [2.75, 3.05) is 29.6 Å². The quantitative estimate of drug-likeness (QED) is 0.702. The average molecular weight is 396 g/mol. The minimum atomic E-state index is -4.60. The van der Waals surface area contributed by atoms with Crippen LogP contribution in [0.2, 0.25) is 0 Å². The summed E-state index contributed by atoms with van der Waals surface area (Å²) in [5.41, 5.74) is 0.553. The number of urea groups is 1. The van der Waals surface area contributed by atoms with Crippen molar-refractivity contribution in [1.82, 2.24) is 0 Å². The fourth-order valence-corrected chi connectivity index (χ4v) is 3.79. The van der Waals surface area contributed by atoms with Gasteiger partial charge in [-0.15, -0.1) is 11.8 Å². The number of amides is 2. The van der Waals surface area contributed by atoms with Crippen molar-refractivity contribution in [3.05, 3.63) is 47.5 Å². The molecule has 3 rings (SSSR count). The Bertz CT molecular complexity index is 855. The van der Waals surface area contributed by atoms with Gasteiger partial charge in [0.2, 0.25) is 0 Å². The molecule has 4 nitrogen and oxygen atoms in total. The van der Waals surface area contributed by atoms with Gasteiger partial charge < -0.3 is 10.1 Å². The SMILES string of the molecule is CCOc1cc(NC(=O)N2CCc3ccccc32)c(C(F)(F)F)c(SC)c1. The minimum absolute atomic E-state index is 0.00516. The van der Waals surface area contributed by atoms with Crippen molar-refractivity contribution < 1.29 is 22.7 Å². The molecule has 0 aromatic heterocycles. The molecule has 2 aromatic carbocycles. The van der Waals surface area contributed by atoms with E-state index >= 15 is 0 Å². The number of carbonyl (C=O) groups is 1. The molecular weight excluding hydrogens is 377 g/mol. The lowest BCUT2D eigenvalue weighted by molar-refractivity contribution is -0.139. The first-order valence-electron chi connectivity index (χ1n) is 8.43. The summed E-state index contributed by atoms with van der Waals surface area (Å²) in [6, 6.07) is 9.35. The summed E-state index contributed by atoms with van der Waals surface area (Å²) in [6.45, 7) is 2.48. The van der Waals surface area contributed by atoms with Crippen molar-refractivity contribution in [3.63, 3.8) is 0 Å². The van der Waals surface area contributed by atoms with Crippen molar-refractivity contribution in [3.8, 4) is 5.75 Å². The van der Waals surface area contributed by atoms with E-state index in [-0.39, 0.29) is 16.3 Å². The molecule has 1 N–H and O–H groups in total. The highest BCUT2D eigenvalue weighted by molar-refractivity contribution is 7.98. The lowest BCUT2D eigenvalue weighted by Gasteiger charge is -2.22. The second kappa shape index (κ2) is 7.72. The summed E-state index contributed by atoms with van der Waals surface area (Å²) in [6.07, 6.45) is -2.37. The molecule has 144 valence electrons. The number of para-hydroxylation sites is 1. The molecule has 1 aliphatic heterocycles. The van der Waals surface area contributed by atoms with Crippen LogP contribution in [0.5, 0.6) is 5.75 Å². The first-order valence-corrected chi connectivity index (χ1v) is 9.66. The molecule has 0 fully saturated rings. The zero-order chi connectivity index (χ0) is 19.6. The molecule has 0 atom stereocenters. The zero-order valence-corrected chi connectivity index (χ0v) is 15.7. The minimum Gasteiger partial charge on any atom is -0.494 e. The van der Waals surface area contributed by atoms with Gasteiger partial charge in [-0.1, -0.05) is 18.2 Å². The highest BCUT2D eigenvalue weighted by Crippen LogP contribution is 2.43. The van der Waals surface area contributed by atoms with Crippen molar-refractivity contribution >= 4 is 29.2 Å². The van der Waals surface area contributed by atoms with E-state index in [2.05, 4.69) is 5.32 Å². The number of thioether (sulfide) groups is 1. The maximum absolute atomic E-state index is 13.7. The number of fused-ring (bicyclic) bond motifs is 1. The van der Waals surface area contributed by atoms with Crippen LogP contribution in [0.25, 0.3) is 0 Å². The van der Waals surface area contributed by atoms with Gasteiger partial charge in [-0.25, -0.2) is 4.79 Å². The van der Waals surface area contributed by atoms with Crippen LogP contribution in [0.4, 0.5) is 29.3 Å². The molecule has 0 aliphatic carbocycles. The van der Waals surface area contributed by atoms with Crippen LogP contribution in [0, 0.1) is 0 Å². The largest absolute Gasteiger partial charge is 0.494 e. The third-order valence-corrected chi connectivity index (χ3v) is 5.03. The molecule has 2 aromatic rings. The number of nitrogens with zero attached hydrogens (tertiary/aromatic N) is 1. The van der Waals surface area contributed by atoms with Gasteiger partial charge in [0, 0.05) is 23.2 Å². The van der Waals surface area contributed by atoms with E-state index in [1.165, 1.54) is 17.0 Å². The topological polar surface area (TPSA) is 41.6 Å². The van der Waals surface area contributed by atoms with Gasteiger partial charge in [0.05, 0.1) is 17.9 Å². The lowest BCUT2D eigenvalue weighted by Crippen LogP contribution is -2.34. The first kappa shape index (κ1) is 19.4. The smallest absolute Gasteiger partial charge is 0.419 e. The Kier molecular flexibility index (Phi) is 5.55. The molecule has 1 aliphatic rings. The number of nitrogens with one attached hydrogen (secondary N) is 1. The number of hydrogen-bond donors (Lipinski definition) is 1. The maximum atomic E-state index is 13.7. The fraction of sp³-hybridized carbons (Fsp3) is 0.316. The lowest BCUT2D eigenvalue weighted by atomic mass is 10.1. The Hall–Kier alpha value is -2.35. The number of carbonyl (C=O) groups excluding carboxylic acids is 1. The predicted octanol–water partition coefficient (Wildman–Crippen LogP) is 5.42. The normalized spacial score (nSPS) is 13.4. The second-order valence-electron chi connectivity index (χ2n) is 5.94. The molecular formula is C19H19F3N2O2S. The molecule has 0 saturated heterocycles. The molecule has 27 heavy (non-hydrogen) atoms. The molecule has 0 bridgehead atoms. The summed E-state index contributed by atoms with van der Waals surface area (Å²) in [4.78, 5) is 14.2. The Morgan fingerprint density at radius 2 is 2.04 bits per heavy atom. The number of alkyl halides is 3. The van der Waals surface area contributed by atoms with E-state index in [0.717, 1.165) is 23.0 Å². The number of anilines is 2. The summed E-state index contributed by atoms with van der Waals surface area (Å²) in [5, 5.41) is 2.45. The molecule has 0 unspecified atom stereocenters. The standard InChI is InChI=1S/C19H19F3N2O2S/c1-3-26-13-10-14(17(19(20,21)22)16(11-13)27-2)23-18(25)24-9-8-12-6-4-5-7-15(12)24/h4-7,10-11H,3,8-9H2,1-2H3,(H,23,25). The highest BCUT2D eigenvalue weighted by atomic mass is 32.2. The van der Waals surface area contributed by atoms with Crippen LogP contribution in [-0.4, -0.2) is 25.4 Å². The number of rotatable bonds is 4. The number of hydrogen-bond acceptors (Lipinski definition) is 3. The molecule has 1 heterocycles. The van der Waals surface area contributed by atoms with Gasteiger partial charge in [0.15, 0.2) is 0 Å². The highest BCUT2D eigenvalue weighted by Gasteiger charge is 2.38. The second-order valence-corrected chi connectivity index (χ2v) is 6.79. The zero-order valence-electron chi connectivity index (χ0n) is 14.9. The Labute approximate surface area is 159 Å². The summed E-state index contributed by atoms with van der Waals surface area (Å²) in [5.74, 6) is 0.284. The van der Waals surface area contributed by atoms with Crippen molar-refractivity contribution in [2.24, 2.45) is 0 Å². The monoisotopic (exact) mass is 396 g/mol.